The highest BCUT2D eigenvalue weighted by atomic mass is 79.9. The van der Waals surface area contributed by atoms with Crippen LogP contribution in [0.25, 0.3) is 0 Å². The molecule has 1 aromatic carbocycles. The number of benzene rings is 1. The van der Waals surface area contributed by atoms with Crippen LogP contribution in [-0.4, -0.2) is 48.8 Å². The van der Waals surface area contributed by atoms with Crippen LogP contribution in [0.4, 0.5) is 0 Å². The summed E-state index contributed by atoms with van der Waals surface area (Å²) in [5, 5.41) is 12.8. The number of carbonyl (C=O) groups is 1. The fourth-order valence-electron chi connectivity index (χ4n) is 2.10. The quantitative estimate of drug-likeness (QED) is 0.678. The molecule has 7 heteroatoms. The van der Waals surface area contributed by atoms with E-state index >= 15 is 0 Å². The minimum Gasteiger partial charge on any atom is -0.491 e. The second-order valence-corrected chi connectivity index (χ2v) is 6.39. The van der Waals surface area contributed by atoms with E-state index in [1.54, 1.807) is 30.3 Å². The summed E-state index contributed by atoms with van der Waals surface area (Å²) >= 11 is 3.35. The number of nitrogens with zero attached hydrogens (tertiary/aromatic N) is 1. The van der Waals surface area contributed by atoms with Crippen LogP contribution in [0.3, 0.4) is 0 Å². The van der Waals surface area contributed by atoms with Gasteiger partial charge >= 0.3 is 0 Å². The summed E-state index contributed by atoms with van der Waals surface area (Å²) in [5.74, 6) is 1.26. The van der Waals surface area contributed by atoms with E-state index < -0.39 is 6.10 Å². The van der Waals surface area contributed by atoms with Gasteiger partial charge in [-0.3, -0.25) is 9.69 Å². The predicted octanol–water partition coefficient (Wildman–Crippen LogP) is 2.03. The molecule has 1 atom stereocenters. The number of carbonyl (C=O) groups excluding carboxylic acids is 1. The molecule has 1 amide bonds. The first kappa shape index (κ1) is 18.5. The Hall–Kier alpha value is -1.83. The van der Waals surface area contributed by atoms with Crippen molar-refractivity contribution in [2.75, 3.05) is 26.7 Å². The highest BCUT2D eigenvalue weighted by Gasteiger charge is 2.12. The topological polar surface area (TPSA) is 74.9 Å². The smallest absolute Gasteiger partial charge is 0.234 e. The number of rotatable bonds is 9. The molecule has 0 bridgehead atoms. The summed E-state index contributed by atoms with van der Waals surface area (Å²) in [6, 6.07) is 11.0. The number of halogens is 1. The van der Waals surface area contributed by atoms with Crippen molar-refractivity contribution in [1.82, 2.24) is 10.2 Å². The second-order valence-electron chi connectivity index (χ2n) is 5.47. The number of hydrogen-bond donors (Lipinski definition) is 2. The third-order valence-corrected chi connectivity index (χ3v) is 3.76. The molecule has 1 heterocycles. The van der Waals surface area contributed by atoms with Gasteiger partial charge in [-0.2, -0.15) is 0 Å². The van der Waals surface area contributed by atoms with Gasteiger partial charge in [0, 0.05) is 11.0 Å². The van der Waals surface area contributed by atoms with Crippen LogP contribution in [0.15, 0.2) is 51.6 Å². The highest BCUT2D eigenvalue weighted by Crippen LogP contribution is 2.16. The van der Waals surface area contributed by atoms with Gasteiger partial charge in [0.2, 0.25) is 5.91 Å². The van der Waals surface area contributed by atoms with Crippen molar-refractivity contribution >= 4 is 21.8 Å². The molecule has 2 aromatic rings. The first-order chi connectivity index (χ1) is 11.5. The van der Waals surface area contributed by atoms with Crippen molar-refractivity contribution in [3.05, 3.63) is 52.9 Å². The summed E-state index contributed by atoms with van der Waals surface area (Å²) < 4.78 is 11.6. The van der Waals surface area contributed by atoms with E-state index in [-0.39, 0.29) is 19.1 Å². The molecule has 0 fully saturated rings. The Morgan fingerprint density at radius 1 is 1.38 bits per heavy atom. The molecule has 0 unspecified atom stereocenters. The van der Waals surface area contributed by atoms with Gasteiger partial charge in [0.25, 0.3) is 0 Å². The van der Waals surface area contributed by atoms with Crippen LogP contribution < -0.4 is 10.1 Å². The number of amides is 1. The molecule has 0 spiro atoms. The van der Waals surface area contributed by atoms with Crippen molar-refractivity contribution in [3.63, 3.8) is 0 Å². The lowest BCUT2D eigenvalue weighted by atomic mass is 10.3. The molecule has 0 aliphatic carbocycles. The van der Waals surface area contributed by atoms with Crippen molar-refractivity contribution in [2.45, 2.75) is 12.6 Å². The van der Waals surface area contributed by atoms with Crippen LogP contribution in [-0.2, 0) is 11.3 Å². The van der Waals surface area contributed by atoms with Crippen molar-refractivity contribution in [2.24, 2.45) is 0 Å². The van der Waals surface area contributed by atoms with Gasteiger partial charge in [0.15, 0.2) is 0 Å². The number of aliphatic hydroxyl groups excluding tert-OH is 1. The Labute approximate surface area is 149 Å². The first-order valence-electron chi connectivity index (χ1n) is 7.57. The zero-order valence-corrected chi connectivity index (χ0v) is 15.0. The molecule has 130 valence electrons. The van der Waals surface area contributed by atoms with Gasteiger partial charge in [0.1, 0.15) is 24.2 Å². The second kappa shape index (κ2) is 9.46. The number of nitrogens with one attached hydrogen (secondary N) is 1. The number of likely N-dealkylation sites (N-methyl/N-ethyl adjacent to an activating group) is 1. The minimum atomic E-state index is -0.684. The molecule has 0 saturated carbocycles. The summed E-state index contributed by atoms with van der Waals surface area (Å²) in [6.07, 6.45) is 0.881. The van der Waals surface area contributed by atoms with E-state index in [1.165, 1.54) is 0 Å². The molecule has 0 saturated heterocycles. The normalized spacial score (nSPS) is 12.2. The summed E-state index contributed by atoms with van der Waals surface area (Å²) in [7, 11) is 1.77. The number of hydrogen-bond acceptors (Lipinski definition) is 5. The van der Waals surface area contributed by atoms with Crippen LogP contribution in [0.1, 0.15) is 5.76 Å². The van der Waals surface area contributed by atoms with E-state index in [0.717, 1.165) is 4.47 Å². The number of furan rings is 1. The van der Waals surface area contributed by atoms with Crippen LogP contribution in [0.2, 0.25) is 0 Å². The van der Waals surface area contributed by atoms with E-state index in [1.807, 2.05) is 24.3 Å². The Balaban J connectivity index is 1.64. The zero-order chi connectivity index (χ0) is 17.4. The highest BCUT2D eigenvalue weighted by molar-refractivity contribution is 9.10. The zero-order valence-electron chi connectivity index (χ0n) is 13.4. The molecule has 0 aliphatic rings. The summed E-state index contributed by atoms with van der Waals surface area (Å²) in [4.78, 5) is 13.6. The molecule has 24 heavy (non-hydrogen) atoms. The SMILES string of the molecule is CN(CC(=O)NCc1ccco1)C[C@H](O)COc1ccc(Br)cc1. The fraction of sp³-hybridized carbons (Fsp3) is 0.353. The standard InChI is InChI=1S/C17H21BrN2O4/c1-20(11-17(22)19-9-16-3-2-8-23-16)10-14(21)12-24-15-6-4-13(18)5-7-15/h2-8,14,21H,9-12H2,1H3,(H,19,22)/t14-/m0/s1. The van der Waals surface area contributed by atoms with Crippen molar-refractivity contribution in [1.29, 1.82) is 0 Å². The maximum atomic E-state index is 11.8. The van der Waals surface area contributed by atoms with Crippen LogP contribution >= 0.6 is 15.9 Å². The molecule has 6 nitrogen and oxygen atoms in total. The third kappa shape index (κ3) is 6.74. The van der Waals surface area contributed by atoms with Crippen molar-refractivity contribution < 1.29 is 19.1 Å². The monoisotopic (exact) mass is 396 g/mol. The van der Waals surface area contributed by atoms with Gasteiger partial charge in [0.05, 0.1) is 19.4 Å². The maximum absolute atomic E-state index is 11.8. The van der Waals surface area contributed by atoms with Crippen LogP contribution in [0, 0.1) is 0 Å². The predicted molar refractivity (Wildman–Crippen MR) is 93.7 cm³/mol. The Morgan fingerprint density at radius 3 is 2.79 bits per heavy atom. The largest absolute Gasteiger partial charge is 0.491 e. The average Bonchev–Trinajstić information content (AvgIpc) is 3.05. The van der Waals surface area contributed by atoms with E-state index in [4.69, 9.17) is 9.15 Å². The summed E-state index contributed by atoms with van der Waals surface area (Å²) in [5.41, 5.74) is 0. The van der Waals surface area contributed by atoms with Crippen LogP contribution in [0.5, 0.6) is 5.75 Å². The maximum Gasteiger partial charge on any atom is 0.234 e. The number of aliphatic hydroxyl groups is 1. The Kier molecular flexibility index (Phi) is 7.30. The molecular formula is C17H21BrN2O4. The molecule has 2 N–H and O–H groups in total. The van der Waals surface area contributed by atoms with E-state index in [9.17, 15) is 9.90 Å². The van der Waals surface area contributed by atoms with E-state index in [0.29, 0.717) is 24.6 Å². The third-order valence-electron chi connectivity index (χ3n) is 3.23. The molecule has 0 aliphatic heterocycles. The number of ether oxygens (including phenoxy) is 1. The Morgan fingerprint density at radius 2 is 2.12 bits per heavy atom. The molecule has 1 aromatic heterocycles. The van der Waals surface area contributed by atoms with Gasteiger partial charge in [-0.15, -0.1) is 0 Å². The van der Waals surface area contributed by atoms with Gasteiger partial charge in [-0.05, 0) is 43.4 Å². The molecule has 2 rings (SSSR count). The summed E-state index contributed by atoms with van der Waals surface area (Å²) in [6.45, 7) is 1.05. The van der Waals surface area contributed by atoms with Crippen molar-refractivity contribution in [3.8, 4) is 5.75 Å². The Bertz CT molecular complexity index is 616. The minimum absolute atomic E-state index is 0.130. The fourth-order valence-corrected chi connectivity index (χ4v) is 2.36. The van der Waals surface area contributed by atoms with Gasteiger partial charge < -0.3 is 19.6 Å². The molecular weight excluding hydrogens is 376 g/mol. The lowest BCUT2D eigenvalue weighted by Crippen LogP contribution is -2.39. The average molecular weight is 397 g/mol. The van der Waals surface area contributed by atoms with E-state index in [2.05, 4.69) is 21.2 Å². The lowest BCUT2D eigenvalue weighted by Gasteiger charge is -2.20. The first-order valence-corrected chi connectivity index (χ1v) is 8.36. The molecule has 0 radical (unpaired) electrons. The van der Waals surface area contributed by atoms with Gasteiger partial charge in [-0.1, -0.05) is 15.9 Å². The van der Waals surface area contributed by atoms with Gasteiger partial charge in [-0.25, -0.2) is 0 Å². The lowest BCUT2D eigenvalue weighted by molar-refractivity contribution is -0.122.